The van der Waals surface area contributed by atoms with Crippen molar-refractivity contribution in [3.63, 3.8) is 0 Å². The molecule has 1 aliphatic rings. The molecule has 22 heavy (non-hydrogen) atoms. The highest BCUT2D eigenvalue weighted by molar-refractivity contribution is 6.31. The number of hydrogen-bond acceptors (Lipinski definition) is 5. The van der Waals surface area contributed by atoms with Gasteiger partial charge < -0.3 is 19.8 Å². The molecule has 0 bridgehead atoms. The van der Waals surface area contributed by atoms with E-state index < -0.39 is 12.1 Å². The summed E-state index contributed by atoms with van der Waals surface area (Å²) in [6.07, 6.45) is -0.587. The SMILES string of the molecule is COC(=O)c1cc([C@H]2NC(=O)c3ccc(Cl)cc3N2)oc1C. The second-order valence-electron chi connectivity index (χ2n) is 4.85. The van der Waals surface area contributed by atoms with Crippen LogP contribution in [0.25, 0.3) is 0 Å². The van der Waals surface area contributed by atoms with Crippen LogP contribution >= 0.6 is 11.6 Å². The van der Waals surface area contributed by atoms with Gasteiger partial charge in [0.25, 0.3) is 5.91 Å². The van der Waals surface area contributed by atoms with E-state index in [1.807, 2.05) is 0 Å². The third kappa shape index (κ3) is 2.42. The molecule has 3 rings (SSSR count). The Balaban J connectivity index is 1.94. The fourth-order valence-electron chi connectivity index (χ4n) is 2.34. The average Bonchev–Trinajstić information content (AvgIpc) is 2.88. The molecule has 0 unspecified atom stereocenters. The van der Waals surface area contributed by atoms with E-state index >= 15 is 0 Å². The van der Waals surface area contributed by atoms with Crippen LogP contribution in [0.2, 0.25) is 5.02 Å². The van der Waals surface area contributed by atoms with E-state index in [4.69, 9.17) is 16.0 Å². The minimum atomic E-state index is -0.587. The van der Waals surface area contributed by atoms with E-state index in [0.717, 1.165) is 0 Å². The van der Waals surface area contributed by atoms with Crippen molar-refractivity contribution in [3.05, 3.63) is 51.9 Å². The summed E-state index contributed by atoms with van der Waals surface area (Å²) in [6.45, 7) is 1.66. The number of ether oxygens (including phenoxy) is 1. The van der Waals surface area contributed by atoms with Crippen LogP contribution in [0.1, 0.15) is 38.4 Å². The normalized spacial score (nSPS) is 16.5. The molecule has 2 aromatic rings. The third-order valence-corrected chi connectivity index (χ3v) is 3.66. The topological polar surface area (TPSA) is 80.6 Å². The van der Waals surface area contributed by atoms with E-state index in [0.29, 0.717) is 33.4 Å². The predicted molar refractivity (Wildman–Crippen MR) is 80.1 cm³/mol. The number of hydrogen-bond donors (Lipinski definition) is 2. The number of esters is 1. The molecule has 2 heterocycles. The maximum Gasteiger partial charge on any atom is 0.341 e. The highest BCUT2D eigenvalue weighted by atomic mass is 35.5. The van der Waals surface area contributed by atoms with Gasteiger partial charge in [-0.2, -0.15) is 0 Å². The zero-order valence-corrected chi connectivity index (χ0v) is 12.7. The summed E-state index contributed by atoms with van der Waals surface area (Å²) in [4.78, 5) is 23.8. The first-order valence-corrected chi connectivity index (χ1v) is 6.93. The highest BCUT2D eigenvalue weighted by Gasteiger charge is 2.28. The molecule has 7 heteroatoms. The van der Waals surface area contributed by atoms with Crippen molar-refractivity contribution in [2.45, 2.75) is 13.1 Å². The first kappa shape index (κ1) is 14.5. The van der Waals surface area contributed by atoms with Gasteiger partial charge >= 0.3 is 5.97 Å². The number of rotatable bonds is 2. The molecular weight excluding hydrogens is 308 g/mol. The predicted octanol–water partition coefficient (Wildman–Crippen LogP) is 2.88. The van der Waals surface area contributed by atoms with E-state index in [9.17, 15) is 9.59 Å². The maximum atomic E-state index is 12.1. The van der Waals surface area contributed by atoms with Crippen molar-refractivity contribution in [2.24, 2.45) is 0 Å². The smallest absolute Gasteiger partial charge is 0.341 e. The molecule has 1 atom stereocenters. The number of nitrogens with one attached hydrogen (secondary N) is 2. The quantitative estimate of drug-likeness (QED) is 0.832. The summed E-state index contributed by atoms with van der Waals surface area (Å²) < 4.78 is 10.2. The van der Waals surface area contributed by atoms with E-state index in [1.165, 1.54) is 7.11 Å². The van der Waals surface area contributed by atoms with Gasteiger partial charge in [0.2, 0.25) is 0 Å². The lowest BCUT2D eigenvalue weighted by Crippen LogP contribution is -2.38. The molecule has 0 saturated heterocycles. The highest BCUT2D eigenvalue weighted by Crippen LogP contribution is 2.30. The van der Waals surface area contributed by atoms with Gasteiger partial charge in [0.15, 0.2) is 6.17 Å². The number of carbonyl (C=O) groups excluding carboxylic acids is 2. The van der Waals surface area contributed by atoms with Crippen molar-refractivity contribution in [3.8, 4) is 0 Å². The molecule has 1 aromatic carbocycles. The van der Waals surface area contributed by atoms with E-state index in [-0.39, 0.29) is 5.91 Å². The summed E-state index contributed by atoms with van der Waals surface area (Å²) in [5.41, 5.74) is 1.43. The van der Waals surface area contributed by atoms with Crippen LogP contribution < -0.4 is 10.6 Å². The molecule has 0 saturated carbocycles. The Labute approximate surface area is 131 Å². The number of methoxy groups -OCH3 is 1. The van der Waals surface area contributed by atoms with Gasteiger partial charge in [0.05, 0.1) is 18.4 Å². The number of aryl methyl sites for hydroxylation is 1. The number of halogens is 1. The summed E-state index contributed by atoms with van der Waals surface area (Å²) in [5.74, 6) is 0.105. The van der Waals surface area contributed by atoms with Gasteiger partial charge in [0.1, 0.15) is 17.1 Å². The van der Waals surface area contributed by atoms with Crippen molar-refractivity contribution in [2.75, 3.05) is 12.4 Å². The van der Waals surface area contributed by atoms with Crippen LogP contribution in [0, 0.1) is 6.92 Å². The minimum absolute atomic E-state index is 0.246. The molecule has 1 amide bonds. The van der Waals surface area contributed by atoms with Gasteiger partial charge in [-0.15, -0.1) is 0 Å². The van der Waals surface area contributed by atoms with Gasteiger partial charge in [-0.3, -0.25) is 4.79 Å². The Morgan fingerprint density at radius 2 is 2.09 bits per heavy atom. The average molecular weight is 321 g/mol. The molecule has 0 spiro atoms. The molecule has 1 aromatic heterocycles. The molecular formula is C15H13ClN2O4. The van der Waals surface area contributed by atoms with Crippen LogP contribution in [-0.2, 0) is 4.74 Å². The monoisotopic (exact) mass is 320 g/mol. The molecule has 0 radical (unpaired) electrons. The number of furan rings is 1. The summed E-state index contributed by atoms with van der Waals surface area (Å²) in [6, 6.07) is 6.51. The first-order valence-electron chi connectivity index (χ1n) is 6.55. The minimum Gasteiger partial charge on any atom is -0.465 e. The van der Waals surface area contributed by atoms with Crippen molar-refractivity contribution >= 4 is 29.2 Å². The Hall–Kier alpha value is -2.47. The lowest BCUT2D eigenvalue weighted by atomic mass is 10.1. The number of fused-ring (bicyclic) bond motifs is 1. The van der Waals surface area contributed by atoms with Crippen molar-refractivity contribution in [1.29, 1.82) is 0 Å². The van der Waals surface area contributed by atoms with Crippen molar-refractivity contribution in [1.82, 2.24) is 5.32 Å². The van der Waals surface area contributed by atoms with Crippen molar-refractivity contribution < 1.29 is 18.7 Å². The maximum absolute atomic E-state index is 12.1. The Bertz CT molecular complexity index is 769. The van der Waals surface area contributed by atoms with Gasteiger partial charge in [-0.05, 0) is 31.2 Å². The van der Waals surface area contributed by atoms with Crippen LogP contribution in [0.4, 0.5) is 5.69 Å². The Morgan fingerprint density at radius 1 is 1.32 bits per heavy atom. The number of amides is 1. The Kier molecular flexibility index (Phi) is 3.54. The third-order valence-electron chi connectivity index (χ3n) is 3.43. The zero-order valence-electron chi connectivity index (χ0n) is 11.9. The fourth-order valence-corrected chi connectivity index (χ4v) is 2.51. The second kappa shape index (κ2) is 5.38. The lowest BCUT2D eigenvalue weighted by molar-refractivity contribution is 0.0598. The standard InChI is InChI=1S/C15H13ClN2O4/c1-7-10(15(20)21-2)6-12(22-7)13-17-11-5-8(16)3-4-9(11)14(19)18-13/h3-6,13,17H,1-2H3,(H,18,19)/t13-/m1/s1. The first-order chi connectivity index (χ1) is 10.5. The molecule has 0 aliphatic carbocycles. The van der Waals surface area contributed by atoms with Crippen LogP contribution in [0.15, 0.2) is 28.7 Å². The van der Waals surface area contributed by atoms with E-state index in [2.05, 4.69) is 15.4 Å². The summed E-state index contributed by atoms with van der Waals surface area (Å²) in [7, 11) is 1.30. The van der Waals surface area contributed by atoms with E-state index in [1.54, 1.807) is 31.2 Å². The molecule has 1 aliphatic heterocycles. The van der Waals surface area contributed by atoms with Crippen LogP contribution in [0.3, 0.4) is 0 Å². The number of carbonyl (C=O) groups is 2. The number of benzene rings is 1. The van der Waals surface area contributed by atoms with Crippen LogP contribution in [-0.4, -0.2) is 19.0 Å². The second-order valence-corrected chi connectivity index (χ2v) is 5.29. The fraction of sp³-hybridized carbons (Fsp3) is 0.200. The van der Waals surface area contributed by atoms with Gasteiger partial charge in [-0.1, -0.05) is 11.6 Å². The lowest BCUT2D eigenvalue weighted by Gasteiger charge is -2.26. The van der Waals surface area contributed by atoms with Gasteiger partial charge in [0, 0.05) is 5.02 Å². The largest absolute Gasteiger partial charge is 0.465 e. The van der Waals surface area contributed by atoms with Crippen LogP contribution in [0.5, 0.6) is 0 Å². The molecule has 114 valence electrons. The molecule has 6 nitrogen and oxygen atoms in total. The summed E-state index contributed by atoms with van der Waals surface area (Å²) >= 11 is 5.95. The Morgan fingerprint density at radius 3 is 2.82 bits per heavy atom. The number of anilines is 1. The molecule has 0 fully saturated rings. The molecule has 2 N–H and O–H groups in total. The summed E-state index contributed by atoms with van der Waals surface area (Å²) in [5, 5.41) is 6.41. The zero-order chi connectivity index (χ0) is 15.9. The van der Waals surface area contributed by atoms with Gasteiger partial charge in [-0.25, -0.2) is 4.79 Å².